The van der Waals surface area contributed by atoms with E-state index in [0.29, 0.717) is 15.8 Å². The molecule has 0 atom stereocenters. The molecule has 1 heterocycles. The molecule has 0 radical (unpaired) electrons. The molecule has 3 aromatic rings. The molecule has 108 valence electrons. The van der Waals surface area contributed by atoms with Crippen LogP contribution < -0.4 is 10.7 Å². The quantitative estimate of drug-likeness (QED) is 0.781. The summed E-state index contributed by atoms with van der Waals surface area (Å²) in [5.74, 6) is -0.416. The highest BCUT2D eigenvalue weighted by Gasteiger charge is 2.12. The fraction of sp³-hybridized carbons (Fsp3) is 0. The monoisotopic (exact) mass is 324 g/mol. The molecule has 1 aromatic heterocycles. The molecule has 0 aliphatic carbocycles. The fourth-order valence-corrected chi connectivity index (χ4v) is 3.48. The van der Waals surface area contributed by atoms with E-state index in [2.05, 4.69) is 0 Å². The van der Waals surface area contributed by atoms with E-state index in [-0.39, 0.29) is 10.5 Å². The average Bonchev–Trinajstić information content (AvgIpc) is 2.74. The number of aromatic nitrogens is 1. The van der Waals surface area contributed by atoms with Gasteiger partial charge in [0.05, 0.1) is 20.7 Å². The van der Waals surface area contributed by atoms with Crippen LogP contribution in [-0.4, -0.2) is 12.4 Å². The van der Waals surface area contributed by atoms with Crippen molar-refractivity contribution in [2.24, 2.45) is 5.14 Å². The Morgan fingerprint density at radius 3 is 2.38 bits per heavy atom. The Hall–Kier alpha value is -2.03. The second-order valence-electron chi connectivity index (χ2n) is 4.37. The third-order valence-corrected chi connectivity index (χ3v) is 4.97. The van der Waals surface area contributed by atoms with Crippen LogP contribution in [0.1, 0.15) is 0 Å². The Balaban J connectivity index is 2.17. The Labute approximate surface area is 123 Å². The van der Waals surface area contributed by atoms with Crippen LogP contribution in [0.25, 0.3) is 15.8 Å². The molecule has 0 fully saturated rings. The Morgan fingerprint density at radius 1 is 1.10 bits per heavy atom. The lowest BCUT2D eigenvalue weighted by Crippen LogP contribution is -2.13. The summed E-state index contributed by atoms with van der Waals surface area (Å²) >= 11 is 1.09. The number of nitrogens with two attached hydrogens (primary N) is 1. The summed E-state index contributed by atoms with van der Waals surface area (Å²) in [5, 5.41) is 5.43. The first-order valence-electron chi connectivity index (χ1n) is 5.81. The molecule has 0 saturated heterocycles. The van der Waals surface area contributed by atoms with Gasteiger partial charge >= 0.3 is 0 Å². The van der Waals surface area contributed by atoms with E-state index in [1.54, 1.807) is 0 Å². The van der Waals surface area contributed by atoms with Crippen molar-refractivity contribution in [3.8, 4) is 5.69 Å². The van der Waals surface area contributed by atoms with Crippen molar-refractivity contribution >= 4 is 31.6 Å². The molecule has 0 saturated carbocycles. The smallest absolute Gasteiger partial charge is 0.267 e. The minimum atomic E-state index is -3.78. The molecule has 0 aliphatic heterocycles. The van der Waals surface area contributed by atoms with E-state index in [1.807, 2.05) is 0 Å². The first-order valence-corrected chi connectivity index (χ1v) is 8.13. The SMILES string of the molecule is NS(=O)(=O)c1ccc(-n2sc3cc(F)ccc3c2=O)cc1. The number of fused-ring (bicyclic) bond motifs is 1. The number of primary sulfonamides is 1. The van der Waals surface area contributed by atoms with Gasteiger partial charge in [0.25, 0.3) is 5.56 Å². The summed E-state index contributed by atoms with van der Waals surface area (Å²) in [6.07, 6.45) is 0. The lowest BCUT2D eigenvalue weighted by Gasteiger charge is -2.01. The van der Waals surface area contributed by atoms with Crippen molar-refractivity contribution in [3.63, 3.8) is 0 Å². The van der Waals surface area contributed by atoms with Crippen LogP contribution in [0.5, 0.6) is 0 Å². The third kappa shape index (κ3) is 2.48. The van der Waals surface area contributed by atoms with Gasteiger partial charge in [0, 0.05) is 0 Å². The molecule has 0 aliphatic rings. The summed E-state index contributed by atoms with van der Waals surface area (Å²) in [6, 6.07) is 9.55. The predicted molar refractivity (Wildman–Crippen MR) is 78.8 cm³/mol. The average molecular weight is 324 g/mol. The van der Waals surface area contributed by atoms with Crippen molar-refractivity contribution in [2.45, 2.75) is 4.90 Å². The lowest BCUT2D eigenvalue weighted by atomic mass is 10.2. The molecule has 2 N–H and O–H groups in total. The van der Waals surface area contributed by atoms with Crippen LogP contribution in [0, 0.1) is 5.82 Å². The second kappa shape index (κ2) is 4.76. The molecule has 0 spiro atoms. The molecule has 0 unspecified atom stereocenters. The van der Waals surface area contributed by atoms with Gasteiger partial charge in [-0.1, -0.05) is 11.5 Å². The maximum absolute atomic E-state index is 13.2. The van der Waals surface area contributed by atoms with Gasteiger partial charge in [-0.25, -0.2) is 21.9 Å². The standard InChI is InChI=1S/C13H9FN2O3S2/c14-8-1-6-11-12(7-8)20-16(13(11)17)9-2-4-10(5-3-9)21(15,18)19/h1-7H,(H2,15,18,19). The third-order valence-electron chi connectivity index (χ3n) is 2.95. The number of halogens is 1. The number of sulfonamides is 1. The number of nitrogens with zero attached hydrogens (tertiary/aromatic N) is 1. The molecule has 21 heavy (non-hydrogen) atoms. The minimum Gasteiger partial charge on any atom is -0.267 e. The fourth-order valence-electron chi connectivity index (χ4n) is 1.94. The highest BCUT2D eigenvalue weighted by atomic mass is 32.2. The van der Waals surface area contributed by atoms with E-state index >= 15 is 0 Å². The van der Waals surface area contributed by atoms with Gasteiger partial charge in [0.1, 0.15) is 5.82 Å². The Bertz CT molecular complexity index is 988. The van der Waals surface area contributed by atoms with Gasteiger partial charge in [0.2, 0.25) is 10.0 Å². The lowest BCUT2D eigenvalue weighted by molar-refractivity contribution is 0.598. The summed E-state index contributed by atoms with van der Waals surface area (Å²) in [5.41, 5.74) is 0.215. The van der Waals surface area contributed by atoms with Gasteiger partial charge in [-0.3, -0.25) is 4.79 Å². The summed E-state index contributed by atoms with van der Waals surface area (Å²) in [7, 11) is -3.78. The van der Waals surface area contributed by atoms with Crippen LogP contribution >= 0.6 is 11.5 Å². The summed E-state index contributed by atoms with van der Waals surface area (Å²) in [6.45, 7) is 0. The number of hydrogen-bond acceptors (Lipinski definition) is 4. The summed E-state index contributed by atoms with van der Waals surface area (Å²) in [4.78, 5) is 12.2. The Kier molecular flexibility index (Phi) is 3.16. The normalized spacial score (nSPS) is 11.9. The van der Waals surface area contributed by atoms with Gasteiger partial charge in [0.15, 0.2) is 0 Å². The van der Waals surface area contributed by atoms with Gasteiger partial charge in [-0.05, 0) is 42.5 Å². The van der Waals surface area contributed by atoms with Gasteiger partial charge in [-0.2, -0.15) is 0 Å². The molecular formula is C13H9FN2O3S2. The van der Waals surface area contributed by atoms with E-state index in [4.69, 9.17) is 5.14 Å². The molecular weight excluding hydrogens is 315 g/mol. The second-order valence-corrected chi connectivity index (χ2v) is 6.92. The van der Waals surface area contributed by atoms with E-state index in [0.717, 1.165) is 11.5 Å². The van der Waals surface area contributed by atoms with Crippen LogP contribution in [0.4, 0.5) is 4.39 Å². The van der Waals surface area contributed by atoms with Crippen molar-refractivity contribution < 1.29 is 12.8 Å². The topological polar surface area (TPSA) is 82.2 Å². The molecule has 8 heteroatoms. The van der Waals surface area contributed by atoms with Crippen LogP contribution in [-0.2, 0) is 10.0 Å². The highest BCUT2D eigenvalue weighted by Crippen LogP contribution is 2.21. The zero-order valence-corrected chi connectivity index (χ0v) is 12.1. The number of rotatable bonds is 2. The van der Waals surface area contributed by atoms with Gasteiger partial charge < -0.3 is 0 Å². The largest absolute Gasteiger partial charge is 0.273 e. The minimum absolute atomic E-state index is 0.0357. The molecule has 0 bridgehead atoms. The Morgan fingerprint density at radius 2 is 1.76 bits per heavy atom. The van der Waals surface area contributed by atoms with Crippen LogP contribution in [0.15, 0.2) is 52.2 Å². The van der Waals surface area contributed by atoms with Gasteiger partial charge in [-0.15, -0.1) is 0 Å². The van der Waals surface area contributed by atoms with Crippen molar-refractivity contribution in [3.05, 3.63) is 58.6 Å². The maximum atomic E-state index is 13.2. The molecule has 0 amide bonds. The van der Waals surface area contributed by atoms with E-state index in [9.17, 15) is 17.6 Å². The van der Waals surface area contributed by atoms with Crippen molar-refractivity contribution in [2.75, 3.05) is 0 Å². The zero-order chi connectivity index (χ0) is 15.2. The number of benzene rings is 2. The predicted octanol–water partition coefficient (Wildman–Crippen LogP) is 1.84. The summed E-state index contributed by atoms with van der Waals surface area (Å²) < 4.78 is 37.5. The van der Waals surface area contributed by atoms with Crippen molar-refractivity contribution in [1.82, 2.24) is 3.96 Å². The molecule has 3 rings (SSSR count). The zero-order valence-electron chi connectivity index (χ0n) is 10.5. The van der Waals surface area contributed by atoms with E-state index < -0.39 is 15.8 Å². The number of hydrogen-bond donors (Lipinski definition) is 1. The maximum Gasteiger partial charge on any atom is 0.273 e. The van der Waals surface area contributed by atoms with E-state index in [1.165, 1.54) is 46.4 Å². The first kappa shape index (κ1) is 13.9. The molecule has 2 aromatic carbocycles. The van der Waals surface area contributed by atoms with Crippen molar-refractivity contribution in [1.29, 1.82) is 0 Å². The van der Waals surface area contributed by atoms with Crippen LogP contribution in [0.2, 0.25) is 0 Å². The van der Waals surface area contributed by atoms with Crippen LogP contribution in [0.3, 0.4) is 0 Å². The first-order chi connectivity index (χ1) is 9.86. The molecule has 5 nitrogen and oxygen atoms in total. The highest BCUT2D eigenvalue weighted by molar-refractivity contribution is 7.89.